The topological polar surface area (TPSA) is 96.0 Å². The molecule has 4 aromatic carbocycles. The van der Waals surface area contributed by atoms with Crippen LogP contribution in [-0.2, 0) is 32.6 Å². The highest BCUT2D eigenvalue weighted by molar-refractivity contribution is 7.92. The van der Waals surface area contributed by atoms with E-state index in [0.717, 1.165) is 26.6 Å². The summed E-state index contributed by atoms with van der Waals surface area (Å²) in [7, 11) is -4.24. The molecule has 4 rings (SSSR count). The van der Waals surface area contributed by atoms with Gasteiger partial charge in [-0.25, -0.2) is 8.42 Å². The van der Waals surface area contributed by atoms with E-state index in [1.165, 1.54) is 17.0 Å². The van der Waals surface area contributed by atoms with E-state index in [9.17, 15) is 18.0 Å². The second-order valence-electron chi connectivity index (χ2n) is 11.7. The van der Waals surface area contributed by atoms with Gasteiger partial charge >= 0.3 is 0 Å². The van der Waals surface area contributed by atoms with Gasteiger partial charge in [-0.3, -0.25) is 13.9 Å². The smallest absolute Gasteiger partial charge is 0.264 e. The molecule has 0 fully saturated rings. The van der Waals surface area contributed by atoms with Gasteiger partial charge in [0.25, 0.3) is 10.0 Å². The fourth-order valence-electron chi connectivity index (χ4n) is 5.26. The van der Waals surface area contributed by atoms with Crippen molar-refractivity contribution in [2.45, 2.75) is 71.0 Å². The van der Waals surface area contributed by atoms with E-state index < -0.39 is 28.5 Å². The first-order chi connectivity index (χ1) is 22.5. The third-order valence-electron chi connectivity index (χ3n) is 8.20. The number of rotatable bonds is 15. The molecule has 0 spiro atoms. The molecule has 2 amide bonds. The Balaban J connectivity index is 1.85. The number of ether oxygens (including phenoxy) is 1. The van der Waals surface area contributed by atoms with Crippen LogP contribution in [0.4, 0.5) is 5.69 Å². The molecule has 4 aromatic rings. The molecule has 0 radical (unpaired) electrons. The standard InChI is InChI=1S/C38H45N3O5S/c1-6-30(5)39-38(43)35(25-31-16-9-8-10-17-31)40(26-32-18-12-11-15-29(32)4)37(42)27-41(34-19-13-14-20-36(34)46-7-2)47(44,45)33-23-21-28(3)22-24-33/h8-24,30,35H,6-7,25-27H2,1-5H3,(H,39,43)/t30-,35+/m1/s1. The number of hydrogen-bond donors (Lipinski definition) is 1. The summed E-state index contributed by atoms with van der Waals surface area (Å²) in [6, 6.07) is 29.5. The van der Waals surface area contributed by atoms with Crippen LogP contribution in [-0.4, -0.2) is 50.4 Å². The molecule has 0 aromatic heterocycles. The molecule has 248 valence electrons. The lowest BCUT2D eigenvalue weighted by Crippen LogP contribution is -2.54. The van der Waals surface area contributed by atoms with E-state index in [-0.39, 0.29) is 35.5 Å². The molecule has 0 heterocycles. The van der Waals surface area contributed by atoms with Gasteiger partial charge in [0.2, 0.25) is 11.8 Å². The minimum atomic E-state index is -4.24. The number of hydrogen-bond acceptors (Lipinski definition) is 5. The fourth-order valence-corrected chi connectivity index (χ4v) is 6.68. The highest BCUT2D eigenvalue weighted by Crippen LogP contribution is 2.33. The first-order valence-corrected chi connectivity index (χ1v) is 17.5. The maximum atomic E-state index is 14.7. The van der Waals surface area contributed by atoms with Crippen LogP contribution < -0.4 is 14.4 Å². The Kier molecular flexibility index (Phi) is 12.2. The van der Waals surface area contributed by atoms with Crippen molar-refractivity contribution in [2.24, 2.45) is 0 Å². The number of nitrogens with one attached hydrogen (secondary N) is 1. The molecule has 0 saturated carbocycles. The molecule has 1 N–H and O–H groups in total. The van der Waals surface area contributed by atoms with Crippen LogP contribution in [0.25, 0.3) is 0 Å². The van der Waals surface area contributed by atoms with Crippen LogP contribution in [0, 0.1) is 13.8 Å². The normalized spacial score (nSPS) is 12.5. The maximum Gasteiger partial charge on any atom is 0.264 e. The predicted octanol–water partition coefficient (Wildman–Crippen LogP) is 6.45. The van der Waals surface area contributed by atoms with Crippen LogP contribution in [0.3, 0.4) is 0 Å². The van der Waals surface area contributed by atoms with E-state index in [1.807, 2.05) is 89.2 Å². The average molecular weight is 656 g/mol. The Bertz CT molecular complexity index is 1740. The number of carbonyl (C=O) groups excluding carboxylic acids is 2. The second kappa shape index (κ2) is 16.3. The van der Waals surface area contributed by atoms with Crippen LogP contribution >= 0.6 is 0 Å². The number of sulfonamides is 1. The lowest BCUT2D eigenvalue weighted by atomic mass is 10.0. The van der Waals surface area contributed by atoms with Crippen molar-refractivity contribution in [3.63, 3.8) is 0 Å². The summed E-state index contributed by atoms with van der Waals surface area (Å²) >= 11 is 0. The minimum absolute atomic E-state index is 0.0444. The third kappa shape index (κ3) is 9.01. The van der Waals surface area contributed by atoms with Crippen molar-refractivity contribution < 1.29 is 22.7 Å². The number of aryl methyl sites for hydroxylation is 2. The molecule has 0 saturated heterocycles. The summed E-state index contributed by atoms with van der Waals surface area (Å²) in [5.41, 5.74) is 3.84. The second-order valence-corrected chi connectivity index (χ2v) is 13.6. The summed E-state index contributed by atoms with van der Waals surface area (Å²) in [5.74, 6) is -0.484. The molecule has 0 bridgehead atoms. The molecule has 9 heteroatoms. The molecule has 0 unspecified atom stereocenters. The van der Waals surface area contributed by atoms with Gasteiger partial charge in [0, 0.05) is 19.0 Å². The summed E-state index contributed by atoms with van der Waals surface area (Å²) in [6.45, 7) is 9.42. The quantitative estimate of drug-likeness (QED) is 0.159. The van der Waals surface area contributed by atoms with E-state index in [1.54, 1.807) is 36.4 Å². The van der Waals surface area contributed by atoms with Crippen molar-refractivity contribution in [1.82, 2.24) is 10.2 Å². The van der Waals surface area contributed by atoms with Gasteiger partial charge in [-0.2, -0.15) is 0 Å². The number of benzene rings is 4. The molecule has 8 nitrogen and oxygen atoms in total. The van der Waals surface area contributed by atoms with Gasteiger partial charge < -0.3 is 15.0 Å². The Morgan fingerprint density at radius 2 is 1.47 bits per heavy atom. The molecule has 2 atom stereocenters. The van der Waals surface area contributed by atoms with Gasteiger partial charge in [-0.1, -0.05) is 91.3 Å². The van der Waals surface area contributed by atoms with Gasteiger partial charge in [-0.05, 0) is 75.1 Å². The monoisotopic (exact) mass is 655 g/mol. The molecule has 47 heavy (non-hydrogen) atoms. The Morgan fingerprint density at radius 1 is 0.830 bits per heavy atom. The summed E-state index contributed by atoms with van der Waals surface area (Å²) in [4.78, 5) is 30.3. The van der Waals surface area contributed by atoms with Crippen LogP contribution in [0.5, 0.6) is 5.75 Å². The Hall–Kier alpha value is -4.63. The van der Waals surface area contributed by atoms with Crippen LogP contribution in [0.15, 0.2) is 108 Å². The van der Waals surface area contributed by atoms with Crippen molar-refractivity contribution in [2.75, 3.05) is 17.5 Å². The van der Waals surface area contributed by atoms with Crippen molar-refractivity contribution >= 4 is 27.5 Å². The first kappa shape index (κ1) is 35.2. The number of nitrogens with zero attached hydrogens (tertiary/aromatic N) is 2. The third-order valence-corrected chi connectivity index (χ3v) is 9.97. The number of amides is 2. The van der Waals surface area contributed by atoms with E-state index in [0.29, 0.717) is 18.8 Å². The van der Waals surface area contributed by atoms with Crippen molar-refractivity contribution in [3.8, 4) is 5.75 Å². The zero-order valence-corrected chi connectivity index (χ0v) is 28.7. The van der Waals surface area contributed by atoms with E-state index >= 15 is 0 Å². The fraction of sp³-hybridized carbons (Fsp3) is 0.316. The Morgan fingerprint density at radius 3 is 2.13 bits per heavy atom. The number of anilines is 1. The van der Waals surface area contributed by atoms with Gasteiger partial charge in [0.05, 0.1) is 17.2 Å². The number of para-hydroxylation sites is 2. The van der Waals surface area contributed by atoms with Crippen LogP contribution in [0.1, 0.15) is 49.4 Å². The summed E-state index contributed by atoms with van der Waals surface area (Å²) in [5, 5.41) is 3.07. The van der Waals surface area contributed by atoms with Crippen LogP contribution in [0.2, 0.25) is 0 Å². The lowest BCUT2D eigenvalue weighted by Gasteiger charge is -2.35. The molecule has 0 aliphatic carbocycles. The first-order valence-electron chi connectivity index (χ1n) is 16.0. The number of carbonyl (C=O) groups is 2. The molecule has 0 aliphatic heterocycles. The van der Waals surface area contributed by atoms with Gasteiger partial charge in [0.1, 0.15) is 18.3 Å². The molecular weight excluding hydrogens is 611 g/mol. The maximum absolute atomic E-state index is 14.7. The van der Waals surface area contributed by atoms with Crippen molar-refractivity contribution in [1.29, 1.82) is 0 Å². The largest absolute Gasteiger partial charge is 0.492 e. The summed E-state index contributed by atoms with van der Waals surface area (Å²) in [6.07, 6.45) is 0.966. The van der Waals surface area contributed by atoms with Gasteiger partial charge in [-0.15, -0.1) is 0 Å². The SMILES string of the molecule is CCOc1ccccc1N(CC(=O)N(Cc1ccccc1C)[C@@H](Cc1ccccc1)C(=O)N[C@H](C)CC)S(=O)(=O)c1ccc(C)cc1. The highest BCUT2D eigenvalue weighted by Gasteiger charge is 2.36. The van der Waals surface area contributed by atoms with Gasteiger partial charge in [0.15, 0.2) is 0 Å². The average Bonchev–Trinajstić information content (AvgIpc) is 3.07. The lowest BCUT2D eigenvalue weighted by molar-refractivity contribution is -0.140. The Labute approximate surface area is 279 Å². The predicted molar refractivity (Wildman–Crippen MR) is 187 cm³/mol. The minimum Gasteiger partial charge on any atom is -0.492 e. The zero-order valence-electron chi connectivity index (χ0n) is 27.8. The zero-order chi connectivity index (χ0) is 34.0. The van der Waals surface area contributed by atoms with E-state index in [2.05, 4.69) is 5.32 Å². The van der Waals surface area contributed by atoms with Crippen molar-refractivity contribution in [3.05, 3.63) is 125 Å². The van der Waals surface area contributed by atoms with E-state index in [4.69, 9.17) is 4.74 Å². The summed E-state index contributed by atoms with van der Waals surface area (Å²) < 4.78 is 35.7. The molecular formula is C38H45N3O5S. The highest BCUT2D eigenvalue weighted by atomic mass is 32.2. The molecule has 0 aliphatic rings.